The molecular weight excluding hydrogens is 268 g/mol. The van der Waals surface area contributed by atoms with Gasteiger partial charge in [0, 0.05) is 12.8 Å². The van der Waals surface area contributed by atoms with Crippen molar-refractivity contribution >= 4 is 17.6 Å². The quantitative estimate of drug-likeness (QED) is 0.873. The number of aliphatic carboxylic acids is 1. The molecule has 1 aliphatic heterocycles. The molecule has 1 saturated heterocycles. The summed E-state index contributed by atoms with van der Waals surface area (Å²) in [6.07, 6.45) is 2.46. The number of halogens is 1. The first-order chi connectivity index (χ1) is 9.15. The van der Waals surface area contributed by atoms with Crippen LogP contribution >= 0.6 is 11.6 Å². The molecule has 19 heavy (non-hydrogen) atoms. The molecule has 104 valence electrons. The Hall–Kier alpha value is -1.26. The number of aryl methyl sites for hydroxylation is 1. The lowest BCUT2D eigenvalue weighted by atomic mass is 10.1. The lowest BCUT2D eigenvalue weighted by Gasteiger charge is -2.13. The van der Waals surface area contributed by atoms with Gasteiger partial charge in [0.1, 0.15) is 11.9 Å². The molecular formula is C14H17ClO4. The normalized spacial score (nSPS) is 18.5. The van der Waals surface area contributed by atoms with Gasteiger partial charge in [-0.05, 0) is 30.5 Å². The van der Waals surface area contributed by atoms with Crippen LogP contribution in [0.15, 0.2) is 18.2 Å². The van der Waals surface area contributed by atoms with Gasteiger partial charge in [-0.2, -0.15) is 0 Å². The molecule has 1 aliphatic rings. The zero-order valence-corrected chi connectivity index (χ0v) is 11.4. The van der Waals surface area contributed by atoms with Crippen molar-refractivity contribution in [3.05, 3.63) is 28.8 Å². The Morgan fingerprint density at radius 1 is 1.53 bits per heavy atom. The number of carboxylic acid groups (broad SMARTS) is 1. The van der Waals surface area contributed by atoms with Gasteiger partial charge in [0.15, 0.2) is 0 Å². The summed E-state index contributed by atoms with van der Waals surface area (Å²) in [5.74, 6) is -0.105. The number of hydrogen-bond donors (Lipinski definition) is 1. The Morgan fingerprint density at radius 2 is 2.37 bits per heavy atom. The average molecular weight is 285 g/mol. The second-order valence-corrected chi connectivity index (χ2v) is 5.02. The van der Waals surface area contributed by atoms with Crippen molar-refractivity contribution in [2.24, 2.45) is 0 Å². The number of rotatable bonds is 6. The molecule has 1 aromatic carbocycles. The van der Waals surface area contributed by atoms with Gasteiger partial charge in [-0.25, -0.2) is 0 Å². The molecule has 5 heteroatoms. The fourth-order valence-electron chi connectivity index (χ4n) is 2.02. The lowest BCUT2D eigenvalue weighted by molar-refractivity contribution is -0.137. The van der Waals surface area contributed by atoms with E-state index in [1.807, 2.05) is 18.2 Å². The zero-order chi connectivity index (χ0) is 13.7. The second-order valence-electron chi connectivity index (χ2n) is 4.62. The van der Waals surface area contributed by atoms with Gasteiger partial charge in [-0.1, -0.05) is 17.7 Å². The molecule has 0 saturated carbocycles. The van der Waals surface area contributed by atoms with Gasteiger partial charge in [0.05, 0.1) is 18.2 Å². The molecule has 0 aliphatic carbocycles. The van der Waals surface area contributed by atoms with E-state index in [0.717, 1.165) is 18.6 Å². The minimum absolute atomic E-state index is 0.0790. The number of carboxylic acids is 1. The predicted octanol–water partition coefficient (Wildman–Crippen LogP) is 2.92. The van der Waals surface area contributed by atoms with Crippen molar-refractivity contribution in [2.45, 2.75) is 31.8 Å². The van der Waals surface area contributed by atoms with Crippen LogP contribution in [-0.2, 0) is 16.0 Å². The first-order valence-corrected chi connectivity index (χ1v) is 6.77. The van der Waals surface area contributed by atoms with E-state index in [9.17, 15) is 4.79 Å². The minimum Gasteiger partial charge on any atom is -0.486 e. The van der Waals surface area contributed by atoms with Gasteiger partial charge in [0.2, 0.25) is 0 Å². The summed E-state index contributed by atoms with van der Waals surface area (Å²) in [4.78, 5) is 10.4. The highest BCUT2D eigenvalue weighted by molar-refractivity contribution is 6.32. The highest BCUT2D eigenvalue weighted by Gasteiger charge is 2.18. The van der Waals surface area contributed by atoms with Crippen molar-refractivity contribution in [2.75, 3.05) is 13.2 Å². The molecule has 4 nitrogen and oxygen atoms in total. The van der Waals surface area contributed by atoms with Gasteiger partial charge in [-0.3, -0.25) is 4.79 Å². The Labute approximate surface area is 117 Å². The van der Waals surface area contributed by atoms with Gasteiger partial charge < -0.3 is 14.6 Å². The van der Waals surface area contributed by atoms with E-state index in [2.05, 4.69) is 0 Å². The van der Waals surface area contributed by atoms with E-state index in [-0.39, 0.29) is 12.5 Å². The maximum absolute atomic E-state index is 10.4. The van der Waals surface area contributed by atoms with E-state index in [1.54, 1.807) is 0 Å². The molecule has 0 bridgehead atoms. The summed E-state index contributed by atoms with van der Waals surface area (Å²) in [6.45, 7) is 1.34. The third-order valence-electron chi connectivity index (χ3n) is 3.03. The summed E-state index contributed by atoms with van der Waals surface area (Å²) in [6, 6.07) is 5.62. The summed E-state index contributed by atoms with van der Waals surface area (Å²) < 4.78 is 11.0. The van der Waals surface area contributed by atoms with Crippen molar-refractivity contribution in [3.8, 4) is 5.75 Å². The van der Waals surface area contributed by atoms with Crippen LogP contribution in [0.2, 0.25) is 5.02 Å². The highest BCUT2D eigenvalue weighted by atomic mass is 35.5. The SMILES string of the molecule is O=C(O)CCCc1ccc(OC2CCOC2)c(Cl)c1. The smallest absolute Gasteiger partial charge is 0.303 e. The molecule has 0 radical (unpaired) electrons. The molecule has 1 aromatic rings. The minimum atomic E-state index is -0.771. The highest BCUT2D eigenvalue weighted by Crippen LogP contribution is 2.28. The van der Waals surface area contributed by atoms with E-state index >= 15 is 0 Å². The molecule has 1 atom stereocenters. The van der Waals surface area contributed by atoms with Crippen LogP contribution in [0.25, 0.3) is 0 Å². The number of ether oxygens (including phenoxy) is 2. The number of carbonyl (C=O) groups is 1. The molecule has 1 unspecified atom stereocenters. The Kier molecular flexibility index (Phi) is 5.05. The van der Waals surface area contributed by atoms with Crippen LogP contribution in [0.5, 0.6) is 5.75 Å². The van der Waals surface area contributed by atoms with Crippen LogP contribution in [0, 0.1) is 0 Å². The summed E-state index contributed by atoms with van der Waals surface area (Å²) >= 11 is 6.17. The van der Waals surface area contributed by atoms with Crippen LogP contribution in [-0.4, -0.2) is 30.4 Å². The van der Waals surface area contributed by atoms with Gasteiger partial charge in [0.25, 0.3) is 0 Å². The maximum atomic E-state index is 10.4. The van der Waals surface area contributed by atoms with Gasteiger partial charge in [-0.15, -0.1) is 0 Å². The van der Waals surface area contributed by atoms with E-state index in [1.165, 1.54) is 0 Å². The molecule has 0 aromatic heterocycles. The monoisotopic (exact) mass is 284 g/mol. The van der Waals surface area contributed by atoms with Crippen molar-refractivity contribution in [1.29, 1.82) is 0 Å². The van der Waals surface area contributed by atoms with Crippen LogP contribution < -0.4 is 4.74 Å². The Bertz CT molecular complexity index is 441. The number of benzene rings is 1. The largest absolute Gasteiger partial charge is 0.486 e. The fourth-order valence-corrected chi connectivity index (χ4v) is 2.27. The Balaban J connectivity index is 1.90. The molecule has 1 heterocycles. The van der Waals surface area contributed by atoms with E-state index in [0.29, 0.717) is 30.2 Å². The third kappa shape index (κ3) is 4.40. The Morgan fingerprint density at radius 3 is 3.00 bits per heavy atom. The standard InChI is InChI=1S/C14H17ClO4/c15-12-8-10(2-1-3-14(16)17)4-5-13(12)19-11-6-7-18-9-11/h4-5,8,11H,1-3,6-7,9H2,(H,16,17). The second kappa shape index (κ2) is 6.78. The first-order valence-electron chi connectivity index (χ1n) is 6.40. The van der Waals surface area contributed by atoms with E-state index < -0.39 is 5.97 Å². The fraction of sp³-hybridized carbons (Fsp3) is 0.500. The van der Waals surface area contributed by atoms with Gasteiger partial charge >= 0.3 is 5.97 Å². The zero-order valence-electron chi connectivity index (χ0n) is 10.6. The van der Waals surface area contributed by atoms with Crippen LogP contribution in [0.4, 0.5) is 0 Å². The van der Waals surface area contributed by atoms with Crippen LogP contribution in [0.1, 0.15) is 24.8 Å². The molecule has 1 N–H and O–H groups in total. The van der Waals surface area contributed by atoms with Crippen molar-refractivity contribution in [1.82, 2.24) is 0 Å². The van der Waals surface area contributed by atoms with Crippen LogP contribution in [0.3, 0.4) is 0 Å². The van der Waals surface area contributed by atoms with Crippen molar-refractivity contribution in [3.63, 3.8) is 0 Å². The first kappa shape index (κ1) is 14.2. The molecule has 0 amide bonds. The number of hydrogen-bond acceptors (Lipinski definition) is 3. The third-order valence-corrected chi connectivity index (χ3v) is 3.33. The average Bonchev–Trinajstić information content (AvgIpc) is 2.85. The summed E-state index contributed by atoms with van der Waals surface area (Å²) in [5, 5.41) is 9.16. The summed E-state index contributed by atoms with van der Waals surface area (Å²) in [5.41, 5.74) is 1.03. The molecule has 1 fully saturated rings. The topological polar surface area (TPSA) is 55.8 Å². The summed E-state index contributed by atoms with van der Waals surface area (Å²) in [7, 11) is 0. The molecule has 0 spiro atoms. The lowest BCUT2D eigenvalue weighted by Crippen LogP contribution is -2.15. The molecule has 2 rings (SSSR count). The maximum Gasteiger partial charge on any atom is 0.303 e. The predicted molar refractivity (Wildman–Crippen MR) is 71.9 cm³/mol. The van der Waals surface area contributed by atoms with E-state index in [4.69, 9.17) is 26.2 Å². The van der Waals surface area contributed by atoms with Crippen molar-refractivity contribution < 1.29 is 19.4 Å².